The molecule has 0 amide bonds. The van der Waals surface area contributed by atoms with Crippen LogP contribution in [0.3, 0.4) is 0 Å². The molecule has 2 atom stereocenters. The first-order valence-corrected chi connectivity index (χ1v) is 10.4. The van der Waals surface area contributed by atoms with Crippen LogP contribution in [0.15, 0.2) is 42.5 Å². The maximum atomic E-state index is 6.50. The van der Waals surface area contributed by atoms with Gasteiger partial charge in [0.2, 0.25) is 0 Å². The Kier molecular flexibility index (Phi) is 6.84. The fourth-order valence-corrected chi connectivity index (χ4v) is 4.68. The summed E-state index contributed by atoms with van der Waals surface area (Å²) in [6, 6.07) is 6.08. The number of ether oxygens (including phenoxy) is 3. The summed E-state index contributed by atoms with van der Waals surface area (Å²) >= 11 is 0. The number of allylic oxidation sites excluding steroid dienone is 3. The summed E-state index contributed by atoms with van der Waals surface area (Å²) in [5.41, 5.74) is 1.24. The molecular weight excluding hydrogens is 350 g/mol. The van der Waals surface area contributed by atoms with E-state index in [2.05, 4.69) is 49.5 Å². The first-order valence-electron chi connectivity index (χ1n) is 10.4. The van der Waals surface area contributed by atoms with E-state index < -0.39 is 0 Å². The van der Waals surface area contributed by atoms with Crippen LogP contribution in [0, 0.1) is 11.3 Å². The van der Waals surface area contributed by atoms with E-state index in [4.69, 9.17) is 14.2 Å². The van der Waals surface area contributed by atoms with E-state index in [1.54, 1.807) is 14.2 Å². The van der Waals surface area contributed by atoms with Gasteiger partial charge in [0.25, 0.3) is 0 Å². The lowest BCUT2D eigenvalue weighted by molar-refractivity contribution is -0.128. The summed E-state index contributed by atoms with van der Waals surface area (Å²) in [6.45, 7) is 7.27. The van der Waals surface area contributed by atoms with E-state index in [1.165, 1.54) is 18.4 Å². The summed E-state index contributed by atoms with van der Waals surface area (Å²) in [4.78, 5) is 0. The second-order valence-corrected chi connectivity index (χ2v) is 8.53. The highest BCUT2D eigenvalue weighted by molar-refractivity contribution is 5.42. The van der Waals surface area contributed by atoms with Gasteiger partial charge in [0.05, 0.1) is 19.8 Å². The number of nitrogens with one attached hydrogen (secondary N) is 1. The van der Waals surface area contributed by atoms with Crippen LogP contribution in [-0.2, 0) is 11.3 Å². The molecule has 1 aromatic rings. The zero-order valence-corrected chi connectivity index (χ0v) is 17.8. The summed E-state index contributed by atoms with van der Waals surface area (Å²) < 4.78 is 17.2. The maximum Gasteiger partial charge on any atom is 0.161 e. The third-order valence-electron chi connectivity index (χ3n) is 6.19. The van der Waals surface area contributed by atoms with E-state index in [-0.39, 0.29) is 11.0 Å². The third-order valence-corrected chi connectivity index (χ3v) is 6.19. The molecular formula is C24H35NO3. The van der Waals surface area contributed by atoms with Gasteiger partial charge in [-0.3, -0.25) is 0 Å². The predicted molar refractivity (Wildman–Crippen MR) is 114 cm³/mol. The van der Waals surface area contributed by atoms with Gasteiger partial charge in [-0.25, -0.2) is 0 Å². The Labute approximate surface area is 169 Å². The highest BCUT2D eigenvalue weighted by atomic mass is 16.5. The van der Waals surface area contributed by atoms with Crippen molar-refractivity contribution < 1.29 is 14.2 Å². The standard InChI is InChI=1S/C24H35NO3/c1-23(2)12-6-5-9-22(23)24(13-7-8-16-28-24)14-15-25-18-19-10-11-20(26-3)21(17-19)27-4/h5-6,9-12,17,22,25H,7-8,13-16,18H2,1-4H3. The van der Waals surface area contributed by atoms with Gasteiger partial charge < -0.3 is 19.5 Å². The van der Waals surface area contributed by atoms with E-state index in [0.29, 0.717) is 5.92 Å². The van der Waals surface area contributed by atoms with E-state index in [9.17, 15) is 0 Å². The molecule has 0 bridgehead atoms. The molecule has 0 spiro atoms. The topological polar surface area (TPSA) is 39.7 Å². The molecule has 4 heteroatoms. The van der Waals surface area contributed by atoms with Crippen molar-refractivity contribution in [2.75, 3.05) is 27.4 Å². The SMILES string of the molecule is COc1ccc(CNCCC2(C3C=CC=CC3(C)C)CCCCO2)cc1OC. The van der Waals surface area contributed by atoms with Crippen LogP contribution in [-0.4, -0.2) is 33.0 Å². The van der Waals surface area contributed by atoms with Crippen LogP contribution in [0.5, 0.6) is 11.5 Å². The minimum atomic E-state index is -0.0758. The molecule has 3 rings (SSSR count). The van der Waals surface area contributed by atoms with Crippen molar-refractivity contribution in [2.45, 2.75) is 51.7 Å². The molecule has 1 aromatic carbocycles. The molecule has 4 nitrogen and oxygen atoms in total. The van der Waals surface area contributed by atoms with Crippen molar-refractivity contribution in [2.24, 2.45) is 11.3 Å². The van der Waals surface area contributed by atoms with Gasteiger partial charge in [-0.1, -0.05) is 44.2 Å². The average molecular weight is 386 g/mol. The van der Waals surface area contributed by atoms with Crippen molar-refractivity contribution in [3.63, 3.8) is 0 Å². The fraction of sp³-hybridized carbons (Fsp3) is 0.583. The van der Waals surface area contributed by atoms with Gasteiger partial charge in [0.15, 0.2) is 11.5 Å². The van der Waals surface area contributed by atoms with Gasteiger partial charge in [-0.05, 0) is 55.3 Å². The molecule has 1 saturated heterocycles. The van der Waals surface area contributed by atoms with E-state index >= 15 is 0 Å². The molecule has 1 fully saturated rings. The smallest absolute Gasteiger partial charge is 0.161 e. The Hall–Kier alpha value is -1.78. The zero-order valence-electron chi connectivity index (χ0n) is 17.8. The molecule has 2 unspecified atom stereocenters. The van der Waals surface area contributed by atoms with Crippen LogP contribution in [0.2, 0.25) is 0 Å². The van der Waals surface area contributed by atoms with Crippen LogP contribution < -0.4 is 14.8 Å². The Balaban J connectivity index is 1.62. The maximum absolute atomic E-state index is 6.50. The van der Waals surface area contributed by atoms with Crippen molar-refractivity contribution in [1.82, 2.24) is 5.32 Å². The van der Waals surface area contributed by atoms with Gasteiger partial charge in [-0.2, -0.15) is 0 Å². The second-order valence-electron chi connectivity index (χ2n) is 8.53. The largest absolute Gasteiger partial charge is 0.493 e. The molecule has 1 heterocycles. The minimum absolute atomic E-state index is 0.0758. The van der Waals surface area contributed by atoms with Gasteiger partial charge in [0.1, 0.15) is 0 Å². The number of benzene rings is 1. The van der Waals surface area contributed by atoms with E-state index in [0.717, 1.165) is 44.0 Å². The summed E-state index contributed by atoms with van der Waals surface area (Å²) in [6.07, 6.45) is 13.6. The molecule has 0 radical (unpaired) electrons. The first-order chi connectivity index (χ1) is 13.5. The van der Waals surface area contributed by atoms with Crippen LogP contribution in [0.1, 0.15) is 45.1 Å². The molecule has 2 aliphatic rings. The Morgan fingerprint density at radius 3 is 2.61 bits per heavy atom. The molecule has 1 aliphatic heterocycles. The Morgan fingerprint density at radius 1 is 1.11 bits per heavy atom. The zero-order chi connectivity index (χ0) is 20.0. The number of hydrogen-bond donors (Lipinski definition) is 1. The van der Waals surface area contributed by atoms with Gasteiger partial charge in [0, 0.05) is 19.1 Å². The summed E-state index contributed by atoms with van der Waals surface area (Å²) in [7, 11) is 3.34. The molecule has 154 valence electrons. The quantitative estimate of drug-likeness (QED) is 0.647. The van der Waals surface area contributed by atoms with E-state index in [1.807, 2.05) is 12.1 Å². The van der Waals surface area contributed by atoms with Crippen molar-refractivity contribution in [3.05, 3.63) is 48.1 Å². The van der Waals surface area contributed by atoms with Crippen molar-refractivity contribution in [3.8, 4) is 11.5 Å². The molecule has 0 saturated carbocycles. The average Bonchev–Trinajstić information content (AvgIpc) is 2.71. The lowest BCUT2D eigenvalue weighted by Crippen LogP contribution is -2.50. The molecule has 1 N–H and O–H groups in total. The highest BCUT2D eigenvalue weighted by Gasteiger charge is 2.46. The summed E-state index contributed by atoms with van der Waals surface area (Å²) in [5, 5.41) is 3.61. The number of methoxy groups -OCH3 is 2. The van der Waals surface area contributed by atoms with Crippen molar-refractivity contribution >= 4 is 0 Å². The molecule has 28 heavy (non-hydrogen) atoms. The normalized spacial score (nSPS) is 26.2. The van der Waals surface area contributed by atoms with Gasteiger partial charge in [-0.15, -0.1) is 0 Å². The summed E-state index contributed by atoms with van der Waals surface area (Å²) in [5.74, 6) is 1.95. The van der Waals surface area contributed by atoms with Crippen molar-refractivity contribution in [1.29, 1.82) is 0 Å². The lowest BCUT2D eigenvalue weighted by atomic mass is 9.64. The third kappa shape index (κ3) is 4.61. The monoisotopic (exact) mass is 385 g/mol. The molecule has 0 aromatic heterocycles. The number of hydrogen-bond acceptors (Lipinski definition) is 4. The van der Waals surface area contributed by atoms with Crippen LogP contribution in [0.25, 0.3) is 0 Å². The lowest BCUT2D eigenvalue weighted by Gasteiger charge is -2.49. The predicted octanol–water partition coefficient (Wildman–Crippen LogP) is 4.89. The second kappa shape index (κ2) is 9.15. The van der Waals surface area contributed by atoms with Crippen LogP contribution in [0.4, 0.5) is 0 Å². The minimum Gasteiger partial charge on any atom is -0.493 e. The fourth-order valence-electron chi connectivity index (χ4n) is 4.68. The van der Waals surface area contributed by atoms with Gasteiger partial charge >= 0.3 is 0 Å². The Morgan fingerprint density at radius 2 is 1.93 bits per heavy atom. The highest BCUT2D eigenvalue weighted by Crippen LogP contribution is 2.47. The first kappa shape index (κ1) is 20.9. The number of rotatable bonds is 8. The molecule has 1 aliphatic carbocycles. The van der Waals surface area contributed by atoms with Crippen LogP contribution >= 0.6 is 0 Å². The Bertz CT molecular complexity index is 702.